The normalized spacial score (nSPS) is 16.9. The molecule has 1 aliphatic rings. The van der Waals surface area contributed by atoms with Crippen LogP contribution >= 0.6 is 0 Å². The number of aliphatic carboxylic acids is 1. The Balaban J connectivity index is 2.36. The van der Waals surface area contributed by atoms with Gasteiger partial charge in [-0.25, -0.2) is 13.2 Å². The van der Waals surface area contributed by atoms with E-state index in [0.717, 1.165) is 25.3 Å². The van der Waals surface area contributed by atoms with Crippen LogP contribution in [-0.4, -0.2) is 47.9 Å². The van der Waals surface area contributed by atoms with Gasteiger partial charge in [0, 0.05) is 19.2 Å². The van der Waals surface area contributed by atoms with Crippen molar-refractivity contribution >= 4 is 27.4 Å². The summed E-state index contributed by atoms with van der Waals surface area (Å²) in [4.78, 5) is 22.0. The number of hydrogen-bond acceptors (Lipinski definition) is 6. The Morgan fingerprint density at radius 3 is 2.44 bits per heavy atom. The van der Waals surface area contributed by atoms with Crippen LogP contribution in [-0.2, 0) is 14.8 Å². The number of carboxylic acid groups (broad SMARTS) is 1. The molecule has 0 aromatic heterocycles. The smallest absolute Gasteiger partial charge is 0.326 e. The van der Waals surface area contributed by atoms with Crippen molar-refractivity contribution in [1.82, 2.24) is 4.31 Å². The number of piperidine rings is 1. The molecule has 0 bridgehead atoms. The van der Waals surface area contributed by atoms with Crippen LogP contribution in [0.5, 0.6) is 0 Å². The molecule has 9 nitrogen and oxygen atoms in total. The average molecular weight is 399 g/mol. The summed E-state index contributed by atoms with van der Waals surface area (Å²) in [6, 6.07) is 2.55. The molecular formula is C17H25N3O6S. The number of carboxylic acids is 1. The second kappa shape index (κ2) is 8.66. The monoisotopic (exact) mass is 399 g/mol. The third-order valence-corrected chi connectivity index (χ3v) is 6.35. The SMILES string of the molecule is CC(C)C[C@H](Nc1ccc(S(=O)(=O)N2CCCCC2)cc1[N+](=O)[O-])C(=O)O. The number of rotatable bonds is 8. The largest absolute Gasteiger partial charge is 0.480 e. The van der Waals surface area contributed by atoms with Crippen molar-refractivity contribution in [3.63, 3.8) is 0 Å². The maximum absolute atomic E-state index is 12.7. The van der Waals surface area contributed by atoms with Crippen molar-refractivity contribution in [3.8, 4) is 0 Å². The van der Waals surface area contributed by atoms with E-state index in [9.17, 15) is 28.4 Å². The van der Waals surface area contributed by atoms with Crippen LogP contribution in [0.1, 0.15) is 39.5 Å². The summed E-state index contributed by atoms with van der Waals surface area (Å²) in [7, 11) is -3.81. The van der Waals surface area contributed by atoms with Crippen molar-refractivity contribution in [2.24, 2.45) is 5.92 Å². The number of anilines is 1. The summed E-state index contributed by atoms with van der Waals surface area (Å²) in [5, 5.41) is 23.5. The molecule has 1 aromatic rings. The van der Waals surface area contributed by atoms with Crippen LogP contribution in [0.2, 0.25) is 0 Å². The lowest BCUT2D eigenvalue weighted by molar-refractivity contribution is -0.384. The molecule has 1 aliphatic heterocycles. The van der Waals surface area contributed by atoms with Gasteiger partial charge in [-0.15, -0.1) is 0 Å². The minimum atomic E-state index is -3.81. The van der Waals surface area contributed by atoms with Crippen LogP contribution in [0.3, 0.4) is 0 Å². The minimum Gasteiger partial charge on any atom is -0.480 e. The molecule has 0 unspecified atom stereocenters. The number of carbonyl (C=O) groups is 1. The van der Waals surface area contributed by atoms with Gasteiger partial charge in [0.2, 0.25) is 10.0 Å². The first-order chi connectivity index (χ1) is 12.6. The van der Waals surface area contributed by atoms with E-state index in [-0.39, 0.29) is 22.9 Å². The van der Waals surface area contributed by atoms with E-state index in [0.29, 0.717) is 13.1 Å². The molecule has 1 aromatic carbocycles. The number of nitro benzene ring substituents is 1. The predicted octanol–water partition coefficient (Wildman–Crippen LogP) is 2.68. The lowest BCUT2D eigenvalue weighted by Gasteiger charge is -2.26. The highest BCUT2D eigenvalue weighted by atomic mass is 32.2. The Hall–Kier alpha value is -2.20. The molecule has 0 amide bonds. The van der Waals surface area contributed by atoms with Crippen LogP contribution in [0.4, 0.5) is 11.4 Å². The Morgan fingerprint density at radius 2 is 1.93 bits per heavy atom. The average Bonchev–Trinajstić information content (AvgIpc) is 2.61. The fourth-order valence-electron chi connectivity index (χ4n) is 3.08. The number of nitrogens with one attached hydrogen (secondary N) is 1. The van der Waals surface area contributed by atoms with Gasteiger partial charge >= 0.3 is 5.97 Å². The Bertz CT molecular complexity index is 803. The second-order valence-corrected chi connectivity index (χ2v) is 9.00. The molecule has 0 aliphatic carbocycles. The number of hydrogen-bond donors (Lipinski definition) is 2. The quantitative estimate of drug-likeness (QED) is 0.507. The van der Waals surface area contributed by atoms with Crippen molar-refractivity contribution in [2.75, 3.05) is 18.4 Å². The molecule has 2 rings (SSSR count). The highest BCUT2D eigenvalue weighted by Crippen LogP contribution is 2.31. The van der Waals surface area contributed by atoms with E-state index in [1.165, 1.54) is 16.4 Å². The Labute approximate surface area is 158 Å². The van der Waals surface area contributed by atoms with Crippen LogP contribution < -0.4 is 5.32 Å². The molecule has 150 valence electrons. The number of nitro groups is 1. The van der Waals surface area contributed by atoms with Crippen molar-refractivity contribution < 1.29 is 23.2 Å². The van der Waals surface area contributed by atoms with Crippen LogP contribution in [0, 0.1) is 16.0 Å². The molecule has 1 atom stereocenters. The van der Waals surface area contributed by atoms with Crippen LogP contribution in [0.25, 0.3) is 0 Å². The van der Waals surface area contributed by atoms with Crippen molar-refractivity contribution in [1.29, 1.82) is 0 Å². The summed E-state index contributed by atoms with van der Waals surface area (Å²) >= 11 is 0. The molecule has 0 saturated carbocycles. The zero-order valence-corrected chi connectivity index (χ0v) is 16.2. The van der Waals surface area contributed by atoms with Gasteiger partial charge in [-0.2, -0.15) is 4.31 Å². The number of benzene rings is 1. The van der Waals surface area contributed by atoms with Gasteiger partial charge in [0.1, 0.15) is 11.7 Å². The zero-order valence-electron chi connectivity index (χ0n) is 15.4. The van der Waals surface area contributed by atoms with E-state index in [2.05, 4.69) is 5.32 Å². The molecule has 1 heterocycles. The van der Waals surface area contributed by atoms with E-state index in [4.69, 9.17) is 0 Å². The summed E-state index contributed by atoms with van der Waals surface area (Å²) in [5.74, 6) is -1.06. The molecule has 0 spiro atoms. The molecular weight excluding hydrogens is 374 g/mol. The summed E-state index contributed by atoms with van der Waals surface area (Å²) < 4.78 is 26.8. The number of sulfonamides is 1. The van der Waals surface area contributed by atoms with Gasteiger partial charge in [-0.05, 0) is 37.3 Å². The first-order valence-electron chi connectivity index (χ1n) is 8.91. The highest BCUT2D eigenvalue weighted by molar-refractivity contribution is 7.89. The maximum atomic E-state index is 12.7. The van der Waals surface area contributed by atoms with Gasteiger partial charge in [-0.3, -0.25) is 10.1 Å². The maximum Gasteiger partial charge on any atom is 0.326 e. The second-order valence-electron chi connectivity index (χ2n) is 7.07. The predicted molar refractivity (Wildman–Crippen MR) is 100 cm³/mol. The molecule has 1 saturated heterocycles. The Morgan fingerprint density at radius 1 is 1.30 bits per heavy atom. The minimum absolute atomic E-state index is 0.00866. The Kier molecular flexibility index (Phi) is 6.77. The van der Waals surface area contributed by atoms with E-state index in [1.54, 1.807) is 0 Å². The summed E-state index contributed by atoms with van der Waals surface area (Å²) in [6.45, 7) is 4.48. The molecule has 0 radical (unpaired) electrons. The summed E-state index contributed by atoms with van der Waals surface area (Å²) in [5.41, 5.74) is -0.464. The van der Waals surface area contributed by atoms with Crippen LogP contribution in [0.15, 0.2) is 23.1 Å². The molecule has 2 N–H and O–H groups in total. The third-order valence-electron chi connectivity index (χ3n) is 4.45. The number of nitrogens with zero attached hydrogens (tertiary/aromatic N) is 2. The van der Waals surface area contributed by atoms with Gasteiger partial charge < -0.3 is 10.4 Å². The third kappa shape index (κ3) is 5.16. The van der Waals surface area contributed by atoms with Gasteiger partial charge in [-0.1, -0.05) is 20.3 Å². The topological polar surface area (TPSA) is 130 Å². The molecule has 1 fully saturated rings. The van der Waals surface area contributed by atoms with E-state index in [1.807, 2.05) is 13.8 Å². The first kappa shape index (κ1) is 21.1. The lowest BCUT2D eigenvalue weighted by atomic mass is 10.0. The van der Waals surface area contributed by atoms with E-state index < -0.39 is 32.6 Å². The van der Waals surface area contributed by atoms with Gasteiger partial charge in [0.15, 0.2) is 0 Å². The van der Waals surface area contributed by atoms with Crippen molar-refractivity contribution in [3.05, 3.63) is 28.3 Å². The lowest BCUT2D eigenvalue weighted by Crippen LogP contribution is -2.35. The molecule has 27 heavy (non-hydrogen) atoms. The zero-order chi connectivity index (χ0) is 20.2. The van der Waals surface area contributed by atoms with Crippen molar-refractivity contribution in [2.45, 2.75) is 50.5 Å². The van der Waals surface area contributed by atoms with E-state index >= 15 is 0 Å². The summed E-state index contributed by atoms with van der Waals surface area (Å²) in [6.07, 6.45) is 2.76. The van der Waals surface area contributed by atoms with Gasteiger partial charge in [0.25, 0.3) is 5.69 Å². The first-order valence-corrected chi connectivity index (χ1v) is 10.3. The fourth-order valence-corrected chi connectivity index (χ4v) is 4.62. The molecule has 10 heteroatoms. The highest BCUT2D eigenvalue weighted by Gasteiger charge is 2.29. The fraction of sp³-hybridized carbons (Fsp3) is 0.588. The van der Waals surface area contributed by atoms with Gasteiger partial charge in [0.05, 0.1) is 9.82 Å². The standard InChI is InChI=1S/C17H25N3O6S/c1-12(2)10-15(17(21)22)18-14-7-6-13(11-16(14)20(23)24)27(25,26)19-8-4-3-5-9-19/h6-7,11-12,15,18H,3-5,8-10H2,1-2H3,(H,21,22)/t15-/m0/s1.